The fourth-order valence-electron chi connectivity index (χ4n) is 4.77. The molecule has 1 fully saturated rings. The van der Waals surface area contributed by atoms with E-state index < -0.39 is 48.7 Å². The molecule has 1 aromatic carbocycles. The van der Waals surface area contributed by atoms with E-state index in [2.05, 4.69) is 20.6 Å². The van der Waals surface area contributed by atoms with Crippen LogP contribution in [-0.4, -0.2) is 71.2 Å². The maximum atomic E-state index is 16.3. The van der Waals surface area contributed by atoms with Crippen molar-refractivity contribution in [3.63, 3.8) is 0 Å². The number of alkyl halides is 1. The van der Waals surface area contributed by atoms with Crippen molar-refractivity contribution in [1.29, 1.82) is 0 Å². The Kier molecular flexibility index (Phi) is 7.92. The number of carbonyl (C=O) groups excluding carboxylic acids is 2. The van der Waals surface area contributed by atoms with Crippen LogP contribution in [0.5, 0.6) is 5.88 Å². The summed E-state index contributed by atoms with van der Waals surface area (Å²) in [6.45, 7) is 6.61. The van der Waals surface area contributed by atoms with E-state index in [1.165, 1.54) is 31.5 Å². The van der Waals surface area contributed by atoms with Crippen LogP contribution in [0, 0.1) is 12.7 Å². The Bertz CT molecular complexity index is 1610. The largest absolute Gasteiger partial charge is 0.465 e. The highest BCUT2D eigenvalue weighted by molar-refractivity contribution is 6.04. The van der Waals surface area contributed by atoms with Crippen molar-refractivity contribution in [1.82, 2.24) is 9.97 Å². The number of hydrogen-bond donors (Lipinski definition) is 3. The molecule has 43 heavy (non-hydrogen) atoms. The van der Waals surface area contributed by atoms with Crippen molar-refractivity contribution in [3.05, 3.63) is 35.9 Å². The van der Waals surface area contributed by atoms with Crippen LogP contribution in [0.2, 0.25) is 0 Å². The van der Waals surface area contributed by atoms with E-state index >= 15 is 4.39 Å². The van der Waals surface area contributed by atoms with E-state index in [1.54, 1.807) is 20.8 Å². The highest BCUT2D eigenvalue weighted by atomic mass is 19.1. The van der Waals surface area contributed by atoms with E-state index in [1.807, 2.05) is 0 Å². The first-order valence-electron chi connectivity index (χ1n) is 13.3. The molecule has 3 aromatic rings. The average Bonchev–Trinajstić information content (AvgIpc) is 3.41. The molecule has 228 valence electrons. The topological polar surface area (TPSA) is 161 Å². The Morgan fingerprint density at radius 1 is 1.12 bits per heavy atom. The van der Waals surface area contributed by atoms with Crippen LogP contribution >= 0.6 is 0 Å². The minimum Gasteiger partial charge on any atom is -0.465 e. The number of fused-ring (bicyclic) bond motifs is 2. The second-order valence-electron chi connectivity index (χ2n) is 10.9. The molecule has 2 aliphatic heterocycles. The van der Waals surface area contributed by atoms with Crippen LogP contribution in [0.25, 0.3) is 21.9 Å². The lowest BCUT2D eigenvalue weighted by molar-refractivity contribution is 0.0594. The lowest BCUT2D eigenvalue weighted by Crippen LogP contribution is -2.41. The van der Waals surface area contributed by atoms with Crippen LogP contribution in [0.15, 0.2) is 24.5 Å². The summed E-state index contributed by atoms with van der Waals surface area (Å²) in [5.41, 5.74) is -0.918. The number of anilines is 3. The van der Waals surface area contributed by atoms with Gasteiger partial charge in [-0.3, -0.25) is 15.5 Å². The minimum absolute atomic E-state index is 0.0456. The van der Waals surface area contributed by atoms with Gasteiger partial charge in [0.25, 0.3) is 6.36 Å². The summed E-state index contributed by atoms with van der Waals surface area (Å²) in [7, 11) is 0. The van der Waals surface area contributed by atoms with Crippen LogP contribution in [0.3, 0.4) is 0 Å². The van der Waals surface area contributed by atoms with Gasteiger partial charge < -0.3 is 24.1 Å². The molecule has 3 amide bonds. The summed E-state index contributed by atoms with van der Waals surface area (Å²) in [5, 5.41) is 15.2. The Morgan fingerprint density at radius 2 is 1.88 bits per heavy atom. The number of nitrogens with zero attached hydrogens (tertiary/aromatic N) is 3. The van der Waals surface area contributed by atoms with Gasteiger partial charge in [-0.25, -0.2) is 28.7 Å². The van der Waals surface area contributed by atoms with Gasteiger partial charge in [0.15, 0.2) is 5.82 Å². The van der Waals surface area contributed by atoms with Crippen molar-refractivity contribution in [3.8, 4) is 17.0 Å². The van der Waals surface area contributed by atoms with Gasteiger partial charge in [-0.1, -0.05) is 0 Å². The van der Waals surface area contributed by atoms with Crippen molar-refractivity contribution in [2.45, 2.75) is 52.2 Å². The van der Waals surface area contributed by atoms with Crippen molar-refractivity contribution in [2.24, 2.45) is 0 Å². The Balaban J connectivity index is 1.61. The summed E-state index contributed by atoms with van der Waals surface area (Å²) in [5.74, 6) is -1.08. The molecular formula is C28H29F2N5O8. The molecule has 3 N–H and O–H groups in total. The number of carboxylic acid groups (broad SMARTS) is 1. The number of carbonyl (C=O) groups is 3. The first kappa shape index (κ1) is 29.7. The summed E-state index contributed by atoms with van der Waals surface area (Å²) < 4.78 is 51.3. The predicted molar refractivity (Wildman–Crippen MR) is 150 cm³/mol. The summed E-state index contributed by atoms with van der Waals surface area (Å²) in [4.78, 5) is 46.0. The lowest BCUT2D eigenvalue weighted by Gasteiger charge is -2.30. The van der Waals surface area contributed by atoms with Crippen LogP contribution in [0.1, 0.15) is 32.8 Å². The number of hydrogen-bond acceptors (Lipinski definition) is 9. The highest BCUT2D eigenvalue weighted by Crippen LogP contribution is 2.43. The smallest absolute Gasteiger partial charge is 0.413 e. The molecule has 2 aliphatic rings. The Morgan fingerprint density at radius 3 is 2.56 bits per heavy atom. The summed E-state index contributed by atoms with van der Waals surface area (Å²) in [6.07, 6.45) is -2.43. The van der Waals surface area contributed by atoms with E-state index in [4.69, 9.17) is 18.9 Å². The molecular weight excluding hydrogens is 572 g/mol. The highest BCUT2D eigenvalue weighted by Gasteiger charge is 2.34. The van der Waals surface area contributed by atoms with Crippen molar-refractivity contribution in [2.75, 3.05) is 35.3 Å². The fraction of sp³-hybridized carbons (Fsp3) is 0.393. The van der Waals surface area contributed by atoms with Crippen LogP contribution in [0.4, 0.5) is 40.4 Å². The zero-order chi connectivity index (χ0) is 31.1. The molecule has 2 atom stereocenters. The standard InChI is InChI=1S/C28H29F2N5O8/c1-13-17(9-32-24-23(13)35(27(38)39)11-19(29)42-24)16-7-14-8-20(33-25(36)41-15-5-6-40-12-15)31-10-18(14)22(21(16)30)34-26(37)43-28(2,3)4/h7-10,15,19H,5-6,11-12H2,1-4H3,(H,34,37)(H,38,39)(H,31,33,36)/t15-,19?/m1/s1. The third-order valence-corrected chi connectivity index (χ3v) is 6.61. The average molecular weight is 602 g/mol. The number of benzene rings is 1. The number of nitrogens with one attached hydrogen (secondary N) is 2. The molecule has 4 heterocycles. The van der Waals surface area contributed by atoms with Crippen molar-refractivity contribution < 1.29 is 47.2 Å². The molecule has 0 bridgehead atoms. The van der Waals surface area contributed by atoms with E-state index in [0.717, 1.165) is 4.90 Å². The first-order chi connectivity index (χ1) is 20.3. The lowest BCUT2D eigenvalue weighted by atomic mass is 9.96. The monoisotopic (exact) mass is 601 g/mol. The molecule has 0 aliphatic carbocycles. The molecule has 1 saturated heterocycles. The summed E-state index contributed by atoms with van der Waals surface area (Å²) in [6, 6.07) is 2.88. The predicted octanol–water partition coefficient (Wildman–Crippen LogP) is 5.60. The number of pyridine rings is 2. The number of ether oxygens (including phenoxy) is 4. The number of amides is 3. The molecule has 0 spiro atoms. The van der Waals surface area contributed by atoms with Crippen LogP contribution < -0.4 is 20.3 Å². The minimum atomic E-state index is -1.94. The van der Waals surface area contributed by atoms with Crippen LogP contribution in [-0.2, 0) is 14.2 Å². The van der Waals surface area contributed by atoms with Gasteiger partial charge in [0.1, 0.15) is 23.2 Å². The zero-order valence-electron chi connectivity index (χ0n) is 23.7. The maximum Gasteiger partial charge on any atom is 0.413 e. The van der Waals surface area contributed by atoms with Gasteiger partial charge in [-0.2, -0.15) is 4.39 Å². The molecule has 5 rings (SSSR count). The maximum absolute atomic E-state index is 16.3. The van der Waals surface area contributed by atoms with Gasteiger partial charge >= 0.3 is 18.3 Å². The second kappa shape index (κ2) is 11.5. The fourth-order valence-corrected chi connectivity index (χ4v) is 4.77. The molecule has 1 unspecified atom stereocenters. The normalized spacial score (nSPS) is 18.0. The SMILES string of the molecule is Cc1c(-c2cc3cc(NC(=O)O[C@@H]4CCOC4)ncc3c(NC(=O)OC(C)(C)C)c2F)cnc2c1N(C(=O)O)CC(F)O2. The number of aromatic nitrogens is 2. The molecule has 0 saturated carbocycles. The second-order valence-corrected chi connectivity index (χ2v) is 10.9. The molecule has 0 radical (unpaired) electrons. The molecule has 15 heteroatoms. The molecule has 2 aromatic heterocycles. The van der Waals surface area contributed by atoms with Gasteiger partial charge in [-0.15, -0.1) is 0 Å². The quantitative estimate of drug-likeness (QED) is 0.343. The third kappa shape index (κ3) is 6.35. The van der Waals surface area contributed by atoms with Crippen molar-refractivity contribution >= 4 is 46.2 Å². The summed E-state index contributed by atoms with van der Waals surface area (Å²) >= 11 is 0. The van der Waals surface area contributed by atoms with Gasteiger partial charge in [-0.05, 0) is 50.8 Å². The number of rotatable bonds is 4. The molecule has 13 nitrogen and oxygen atoms in total. The van der Waals surface area contributed by atoms with Gasteiger partial charge in [0.2, 0.25) is 5.88 Å². The number of halogens is 2. The third-order valence-electron chi connectivity index (χ3n) is 6.61. The van der Waals surface area contributed by atoms with E-state index in [-0.39, 0.29) is 51.8 Å². The zero-order valence-corrected chi connectivity index (χ0v) is 23.7. The first-order valence-corrected chi connectivity index (χ1v) is 13.3. The van der Waals surface area contributed by atoms with Gasteiger partial charge in [0, 0.05) is 35.3 Å². The van der Waals surface area contributed by atoms with E-state index in [0.29, 0.717) is 18.4 Å². The van der Waals surface area contributed by atoms with E-state index in [9.17, 15) is 23.9 Å². The Hall–Kier alpha value is -4.79. The Labute approximate surface area is 244 Å². The van der Waals surface area contributed by atoms with Gasteiger partial charge in [0.05, 0.1) is 25.4 Å².